The van der Waals surface area contributed by atoms with Gasteiger partial charge >= 0.3 is 0 Å². The van der Waals surface area contributed by atoms with E-state index in [-0.39, 0.29) is 5.56 Å². The van der Waals surface area contributed by atoms with Crippen molar-refractivity contribution < 1.29 is 23.4 Å². The van der Waals surface area contributed by atoms with Crippen molar-refractivity contribution in [3.05, 3.63) is 57.6 Å². The maximum absolute atomic E-state index is 13.8. The topological polar surface area (TPSA) is 38.7 Å². The predicted octanol–water partition coefficient (Wildman–Crippen LogP) is 3.83. The standard InChI is InChI=1S/C15H13BrF2O3/c1-20-13-6-10(11(16)7-14(13)21-2)15(19)9-4-3-8(17)5-12(9)18/h3-7,15,19H,1-2H3. The van der Waals surface area contributed by atoms with E-state index in [1.165, 1.54) is 26.4 Å². The quantitative estimate of drug-likeness (QED) is 0.902. The van der Waals surface area contributed by atoms with E-state index < -0.39 is 17.7 Å². The molecule has 1 unspecified atom stereocenters. The lowest BCUT2D eigenvalue weighted by molar-refractivity contribution is 0.213. The summed E-state index contributed by atoms with van der Waals surface area (Å²) in [6, 6.07) is 6.18. The van der Waals surface area contributed by atoms with E-state index in [2.05, 4.69) is 15.9 Å². The zero-order valence-corrected chi connectivity index (χ0v) is 12.9. The normalized spacial score (nSPS) is 12.1. The first-order valence-corrected chi connectivity index (χ1v) is 6.81. The summed E-state index contributed by atoms with van der Waals surface area (Å²) in [4.78, 5) is 0. The van der Waals surface area contributed by atoms with E-state index >= 15 is 0 Å². The summed E-state index contributed by atoms with van der Waals surface area (Å²) in [5, 5.41) is 10.3. The molecule has 3 nitrogen and oxygen atoms in total. The Kier molecular flexibility index (Phi) is 4.80. The van der Waals surface area contributed by atoms with Crippen LogP contribution in [0.1, 0.15) is 17.2 Å². The second kappa shape index (κ2) is 6.41. The maximum Gasteiger partial charge on any atom is 0.161 e. The molecule has 0 aliphatic heterocycles. The van der Waals surface area contributed by atoms with Gasteiger partial charge in [0.15, 0.2) is 11.5 Å². The average Bonchev–Trinajstić information content (AvgIpc) is 2.46. The molecule has 2 rings (SSSR count). The number of hydrogen-bond acceptors (Lipinski definition) is 3. The first-order chi connectivity index (χ1) is 9.97. The van der Waals surface area contributed by atoms with Crippen molar-refractivity contribution in [2.45, 2.75) is 6.10 Å². The molecule has 0 heterocycles. The predicted molar refractivity (Wildman–Crippen MR) is 77.7 cm³/mol. The summed E-state index contributed by atoms with van der Waals surface area (Å²) in [6.07, 6.45) is -1.26. The van der Waals surface area contributed by atoms with E-state index in [1.54, 1.807) is 6.07 Å². The van der Waals surface area contributed by atoms with Gasteiger partial charge in [0.1, 0.15) is 17.7 Å². The largest absolute Gasteiger partial charge is 0.493 e. The van der Waals surface area contributed by atoms with E-state index in [4.69, 9.17) is 9.47 Å². The molecule has 0 spiro atoms. The fourth-order valence-corrected chi connectivity index (χ4v) is 2.51. The average molecular weight is 359 g/mol. The molecule has 0 bridgehead atoms. The van der Waals surface area contributed by atoms with Crippen LogP contribution in [0, 0.1) is 11.6 Å². The molecule has 0 amide bonds. The highest BCUT2D eigenvalue weighted by Crippen LogP contribution is 2.38. The van der Waals surface area contributed by atoms with Gasteiger partial charge in [-0.1, -0.05) is 22.0 Å². The van der Waals surface area contributed by atoms with Gasteiger partial charge in [-0.25, -0.2) is 8.78 Å². The minimum atomic E-state index is -1.26. The number of hydrogen-bond donors (Lipinski definition) is 1. The Labute approximate surface area is 129 Å². The Morgan fingerprint density at radius 1 is 1.00 bits per heavy atom. The summed E-state index contributed by atoms with van der Waals surface area (Å²) in [7, 11) is 2.94. The van der Waals surface area contributed by atoms with Crippen LogP contribution in [0.5, 0.6) is 11.5 Å². The van der Waals surface area contributed by atoms with Crippen molar-refractivity contribution in [3.63, 3.8) is 0 Å². The van der Waals surface area contributed by atoms with E-state index in [0.717, 1.165) is 12.1 Å². The Hall–Kier alpha value is -1.66. The van der Waals surface area contributed by atoms with Crippen molar-refractivity contribution >= 4 is 15.9 Å². The molecular formula is C15H13BrF2O3. The Morgan fingerprint density at radius 3 is 2.19 bits per heavy atom. The number of aliphatic hydroxyl groups is 1. The van der Waals surface area contributed by atoms with Crippen LogP contribution in [0.4, 0.5) is 8.78 Å². The van der Waals surface area contributed by atoms with Gasteiger partial charge in [0, 0.05) is 21.7 Å². The van der Waals surface area contributed by atoms with Crippen LogP contribution in [-0.2, 0) is 0 Å². The first kappa shape index (κ1) is 15.7. The molecule has 112 valence electrons. The summed E-state index contributed by atoms with van der Waals surface area (Å²) in [5.74, 6) is -0.642. The molecule has 0 fully saturated rings. The first-order valence-electron chi connectivity index (χ1n) is 6.02. The second-order valence-corrected chi connectivity index (χ2v) is 5.15. The number of aliphatic hydroxyl groups excluding tert-OH is 1. The highest BCUT2D eigenvalue weighted by molar-refractivity contribution is 9.10. The molecule has 1 atom stereocenters. The highest BCUT2D eigenvalue weighted by atomic mass is 79.9. The lowest BCUT2D eigenvalue weighted by atomic mass is 10.0. The van der Waals surface area contributed by atoms with Gasteiger partial charge in [-0.2, -0.15) is 0 Å². The summed E-state index contributed by atoms with van der Waals surface area (Å²) >= 11 is 3.30. The van der Waals surface area contributed by atoms with Crippen LogP contribution in [0.3, 0.4) is 0 Å². The molecule has 0 aromatic heterocycles. The molecule has 0 saturated carbocycles. The Morgan fingerprint density at radius 2 is 1.62 bits per heavy atom. The van der Waals surface area contributed by atoms with Gasteiger partial charge in [-0.15, -0.1) is 0 Å². The molecule has 0 radical (unpaired) electrons. The van der Waals surface area contributed by atoms with E-state index in [0.29, 0.717) is 21.5 Å². The van der Waals surface area contributed by atoms with Gasteiger partial charge < -0.3 is 14.6 Å². The SMILES string of the molecule is COc1cc(Br)c(C(O)c2ccc(F)cc2F)cc1OC. The fourth-order valence-electron chi connectivity index (χ4n) is 1.97. The van der Waals surface area contributed by atoms with Gasteiger partial charge in [0.2, 0.25) is 0 Å². The van der Waals surface area contributed by atoms with Gasteiger partial charge in [0.25, 0.3) is 0 Å². The van der Waals surface area contributed by atoms with Gasteiger partial charge in [-0.05, 0) is 18.2 Å². The zero-order valence-electron chi connectivity index (χ0n) is 11.4. The van der Waals surface area contributed by atoms with Crippen LogP contribution < -0.4 is 9.47 Å². The monoisotopic (exact) mass is 358 g/mol. The molecular weight excluding hydrogens is 346 g/mol. The minimum absolute atomic E-state index is 0.0238. The highest BCUT2D eigenvalue weighted by Gasteiger charge is 2.20. The van der Waals surface area contributed by atoms with E-state index in [9.17, 15) is 13.9 Å². The number of halogens is 3. The summed E-state index contributed by atoms with van der Waals surface area (Å²) < 4.78 is 37.5. The number of rotatable bonds is 4. The van der Waals surface area contributed by atoms with Crippen molar-refractivity contribution in [2.24, 2.45) is 0 Å². The van der Waals surface area contributed by atoms with Crippen LogP contribution in [-0.4, -0.2) is 19.3 Å². The number of methoxy groups -OCH3 is 2. The summed E-state index contributed by atoms with van der Waals surface area (Å²) in [6.45, 7) is 0. The lowest BCUT2D eigenvalue weighted by Crippen LogP contribution is -2.05. The number of benzene rings is 2. The van der Waals surface area contributed by atoms with Crippen LogP contribution in [0.2, 0.25) is 0 Å². The van der Waals surface area contributed by atoms with Crippen molar-refractivity contribution in [3.8, 4) is 11.5 Å². The molecule has 6 heteroatoms. The second-order valence-electron chi connectivity index (χ2n) is 4.30. The van der Waals surface area contributed by atoms with Gasteiger partial charge in [-0.3, -0.25) is 0 Å². The van der Waals surface area contributed by atoms with Crippen LogP contribution in [0.25, 0.3) is 0 Å². The van der Waals surface area contributed by atoms with Crippen LogP contribution >= 0.6 is 15.9 Å². The molecule has 1 N–H and O–H groups in total. The molecule has 0 aliphatic rings. The van der Waals surface area contributed by atoms with Crippen molar-refractivity contribution in [2.75, 3.05) is 14.2 Å². The molecule has 0 saturated heterocycles. The number of ether oxygens (including phenoxy) is 2. The van der Waals surface area contributed by atoms with Crippen molar-refractivity contribution in [1.82, 2.24) is 0 Å². The molecule has 2 aromatic rings. The smallest absolute Gasteiger partial charge is 0.161 e. The third-order valence-corrected chi connectivity index (χ3v) is 3.74. The third kappa shape index (κ3) is 3.16. The Bertz CT molecular complexity index is 662. The van der Waals surface area contributed by atoms with E-state index in [1.807, 2.05) is 0 Å². The Balaban J connectivity index is 2.50. The van der Waals surface area contributed by atoms with Crippen LogP contribution in [0.15, 0.2) is 34.8 Å². The minimum Gasteiger partial charge on any atom is -0.493 e. The van der Waals surface area contributed by atoms with Crippen molar-refractivity contribution in [1.29, 1.82) is 0 Å². The molecule has 2 aromatic carbocycles. The lowest BCUT2D eigenvalue weighted by Gasteiger charge is -2.17. The maximum atomic E-state index is 13.8. The van der Waals surface area contributed by atoms with Gasteiger partial charge in [0.05, 0.1) is 14.2 Å². The molecule has 21 heavy (non-hydrogen) atoms. The zero-order chi connectivity index (χ0) is 15.6. The fraction of sp³-hybridized carbons (Fsp3) is 0.200. The third-order valence-electron chi connectivity index (χ3n) is 3.05. The molecule has 0 aliphatic carbocycles. The summed E-state index contributed by atoms with van der Waals surface area (Å²) in [5.41, 5.74) is 0.363.